The molecule has 1 atom stereocenters. The molecule has 0 aliphatic heterocycles. The van der Waals surface area contributed by atoms with E-state index in [1.165, 1.54) is 12.2 Å². The molecule has 1 aliphatic rings. The molecule has 1 heterocycles. The van der Waals surface area contributed by atoms with Crippen LogP contribution in [0.1, 0.15) is 19.8 Å². The van der Waals surface area contributed by atoms with Crippen molar-refractivity contribution in [2.45, 2.75) is 44.9 Å². The first-order valence-electron chi connectivity index (χ1n) is 8.17. The van der Waals surface area contributed by atoms with E-state index in [4.69, 9.17) is 0 Å². The molecule has 1 aromatic rings. The lowest BCUT2D eigenvalue weighted by Crippen LogP contribution is -2.56. The Morgan fingerprint density at radius 3 is 2.00 bits per heavy atom. The fourth-order valence-electron chi connectivity index (χ4n) is 2.74. The predicted octanol–water partition coefficient (Wildman–Crippen LogP) is -0.648. The second-order valence-electron chi connectivity index (χ2n) is 6.37. The summed E-state index contributed by atoms with van der Waals surface area (Å²) in [6.07, 6.45) is 4.35. The summed E-state index contributed by atoms with van der Waals surface area (Å²) in [4.78, 5) is 49.6. The van der Waals surface area contributed by atoms with Gasteiger partial charge in [-0.1, -0.05) is 12.2 Å². The normalized spacial score (nSPS) is 15.5. The van der Waals surface area contributed by atoms with Gasteiger partial charge in [-0.3, -0.25) is 4.79 Å². The fourth-order valence-corrected chi connectivity index (χ4v) is 2.74. The van der Waals surface area contributed by atoms with E-state index in [1.54, 1.807) is 6.92 Å². The van der Waals surface area contributed by atoms with Crippen molar-refractivity contribution in [3.63, 3.8) is 0 Å². The first-order valence-corrected chi connectivity index (χ1v) is 8.17. The molecule has 26 heavy (non-hydrogen) atoms. The average molecular weight is 359 g/mol. The number of nitrogens with one attached hydrogen (secondary N) is 1. The maximum Gasteiger partial charge on any atom is 0.337 e. The van der Waals surface area contributed by atoms with Crippen LogP contribution in [-0.4, -0.2) is 25.1 Å². The Kier molecular flexibility index (Phi) is 5.45. The molecule has 2 rings (SSSR count). The molecule has 9 heteroatoms. The molecule has 0 aromatic carbocycles. The van der Waals surface area contributed by atoms with Crippen LogP contribution < -0.4 is 22.4 Å². The fraction of sp³-hybridized carbons (Fsp3) is 0.471. The second-order valence-corrected chi connectivity index (χ2v) is 6.37. The molecule has 0 saturated heterocycles. The van der Waals surface area contributed by atoms with Crippen molar-refractivity contribution in [1.82, 2.24) is 19.0 Å². The van der Waals surface area contributed by atoms with Crippen LogP contribution in [0.3, 0.4) is 0 Å². The number of carbonyl (C=O) groups is 1. The highest BCUT2D eigenvalue weighted by atomic mass is 16.2. The summed E-state index contributed by atoms with van der Waals surface area (Å²) >= 11 is 0. The topological polar surface area (TPSA) is 119 Å². The van der Waals surface area contributed by atoms with Crippen LogP contribution in [0.25, 0.3) is 0 Å². The van der Waals surface area contributed by atoms with E-state index in [2.05, 4.69) is 24.5 Å². The third-order valence-corrected chi connectivity index (χ3v) is 4.34. The minimum Gasteiger partial charge on any atom is -0.336 e. The van der Waals surface area contributed by atoms with Crippen molar-refractivity contribution >= 4 is 5.91 Å². The summed E-state index contributed by atoms with van der Waals surface area (Å²) in [5.74, 6) is -0.588. The Bertz CT molecular complexity index is 909. The molecule has 0 bridgehead atoms. The van der Waals surface area contributed by atoms with Gasteiger partial charge in [0.05, 0.1) is 19.2 Å². The lowest BCUT2D eigenvalue weighted by atomic mass is 9.98. The van der Waals surface area contributed by atoms with E-state index >= 15 is 0 Å². The Balaban J connectivity index is 2.44. The molecule has 1 amide bonds. The molecule has 0 unspecified atom stereocenters. The molecular formula is C17H21N5O4. The molecular weight excluding hydrogens is 338 g/mol. The van der Waals surface area contributed by atoms with Gasteiger partial charge in [0.15, 0.2) is 0 Å². The minimum atomic E-state index is -1.05. The van der Waals surface area contributed by atoms with Gasteiger partial charge in [0.25, 0.3) is 0 Å². The van der Waals surface area contributed by atoms with Crippen LogP contribution in [0, 0.1) is 17.2 Å². The number of hydrogen-bond acceptors (Lipinski definition) is 5. The van der Waals surface area contributed by atoms with Crippen LogP contribution in [-0.2, 0) is 24.4 Å². The maximum absolute atomic E-state index is 12.5. The van der Waals surface area contributed by atoms with E-state index in [1.807, 2.05) is 0 Å². The van der Waals surface area contributed by atoms with E-state index < -0.39 is 35.1 Å². The first-order chi connectivity index (χ1) is 12.3. The Labute approximate surface area is 149 Å². The molecule has 0 spiro atoms. The lowest BCUT2D eigenvalue weighted by molar-refractivity contribution is -0.123. The number of aromatic nitrogens is 3. The van der Waals surface area contributed by atoms with Gasteiger partial charge in [0.1, 0.15) is 12.1 Å². The lowest BCUT2D eigenvalue weighted by Gasteiger charge is -2.23. The van der Waals surface area contributed by atoms with Crippen LogP contribution >= 0.6 is 0 Å². The minimum absolute atomic E-state index is 0.0558. The van der Waals surface area contributed by atoms with Gasteiger partial charge < -0.3 is 5.32 Å². The summed E-state index contributed by atoms with van der Waals surface area (Å²) in [7, 11) is 0. The quantitative estimate of drug-likeness (QED) is 0.619. The van der Waals surface area contributed by atoms with E-state index in [0.717, 1.165) is 22.0 Å². The van der Waals surface area contributed by atoms with Crippen LogP contribution in [0.2, 0.25) is 0 Å². The summed E-state index contributed by atoms with van der Waals surface area (Å²) < 4.78 is 2.31. The Morgan fingerprint density at radius 1 is 1.15 bits per heavy atom. The van der Waals surface area contributed by atoms with E-state index in [9.17, 15) is 24.4 Å². The molecule has 1 fully saturated rings. The number of carbonyl (C=O) groups excluding carboxylic acids is 1. The van der Waals surface area contributed by atoms with Gasteiger partial charge in [-0.15, -0.1) is 13.2 Å². The van der Waals surface area contributed by atoms with Crippen LogP contribution in [0.15, 0.2) is 39.7 Å². The third kappa shape index (κ3) is 3.59. The smallest absolute Gasteiger partial charge is 0.336 e. The van der Waals surface area contributed by atoms with Crippen molar-refractivity contribution in [2.24, 2.45) is 5.92 Å². The zero-order valence-electron chi connectivity index (χ0n) is 14.6. The van der Waals surface area contributed by atoms with Crippen molar-refractivity contribution in [3.05, 3.63) is 56.8 Å². The zero-order valence-corrected chi connectivity index (χ0v) is 14.6. The summed E-state index contributed by atoms with van der Waals surface area (Å²) in [6.45, 7) is 7.78. The number of amides is 1. The summed E-state index contributed by atoms with van der Waals surface area (Å²) in [5, 5.41) is 11.9. The monoisotopic (exact) mass is 359 g/mol. The molecule has 0 radical (unpaired) electrons. The first kappa shape index (κ1) is 19.2. The average Bonchev–Trinajstić information content (AvgIpc) is 3.45. The van der Waals surface area contributed by atoms with Crippen molar-refractivity contribution in [3.8, 4) is 6.07 Å². The number of nitriles is 1. The SMILES string of the molecule is C=CCn1c(=O)n(CC=C)c(=O)n(CC(=O)N[C@@](C)(C#N)C2CC2)c1=O. The zero-order chi connectivity index (χ0) is 19.5. The van der Waals surface area contributed by atoms with Crippen LogP contribution in [0.5, 0.6) is 0 Å². The highest BCUT2D eigenvalue weighted by Crippen LogP contribution is 2.39. The Hall–Kier alpha value is -3.15. The van der Waals surface area contributed by atoms with E-state index in [0.29, 0.717) is 4.57 Å². The van der Waals surface area contributed by atoms with Crippen molar-refractivity contribution < 1.29 is 4.79 Å². The number of allylic oxidation sites excluding steroid dienone is 2. The highest BCUT2D eigenvalue weighted by molar-refractivity contribution is 5.77. The Morgan fingerprint density at radius 2 is 1.62 bits per heavy atom. The highest BCUT2D eigenvalue weighted by Gasteiger charge is 2.43. The van der Waals surface area contributed by atoms with Gasteiger partial charge in [0, 0.05) is 0 Å². The van der Waals surface area contributed by atoms with Crippen molar-refractivity contribution in [1.29, 1.82) is 5.26 Å². The van der Waals surface area contributed by atoms with Gasteiger partial charge in [0.2, 0.25) is 5.91 Å². The predicted molar refractivity (Wildman–Crippen MR) is 94.5 cm³/mol. The number of rotatable bonds is 8. The second kappa shape index (κ2) is 7.39. The molecule has 1 N–H and O–H groups in total. The third-order valence-electron chi connectivity index (χ3n) is 4.34. The van der Waals surface area contributed by atoms with Crippen LogP contribution in [0.4, 0.5) is 0 Å². The maximum atomic E-state index is 12.5. The molecule has 1 saturated carbocycles. The standard InChI is InChI=1S/C17H21N5O4/c1-4-8-20-14(24)21(9-5-2)16(26)22(15(20)25)10-13(23)19-17(3,11-18)12-6-7-12/h4-5,12H,1-2,6-10H2,3H3,(H,19,23)/t17-/m0/s1. The van der Waals surface area contributed by atoms with Crippen molar-refractivity contribution in [2.75, 3.05) is 0 Å². The number of hydrogen-bond donors (Lipinski definition) is 1. The summed E-state index contributed by atoms with van der Waals surface area (Å²) in [6, 6.07) is 2.07. The summed E-state index contributed by atoms with van der Waals surface area (Å²) in [5.41, 5.74) is -3.65. The molecule has 138 valence electrons. The van der Waals surface area contributed by atoms with Gasteiger partial charge in [-0.2, -0.15) is 5.26 Å². The van der Waals surface area contributed by atoms with Gasteiger partial charge >= 0.3 is 17.1 Å². The largest absolute Gasteiger partial charge is 0.337 e. The van der Waals surface area contributed by atoms with Gasteiger partial charge in [-0.25, -0.2) is 28.1 Å². The molecule has 9 nitrogen and oxygen atoms in total. The number of nitrogens with zero attached hydrogens (tertiary/aromatic N) is 4. The van der Waals surface area contributed by atoms with Gasteiger partial charge in [-0.05, 0) is 25.7 Å². The van der Waals surface area contributed by atoms with E-state index in [-0.39, 0.29) is 19.0 Å². The molecule has 1 aromatic heterocycles. The molecule has 1 aliphatic carbocycles.